The molecular weight excluding hydrogens is 240 g/mol. The smallest absolute Gasteiger partial charge is 0.358 e. The van der Waals surface area contributed by atoms with E-state index in [0.717, 1.165) is 12.8 Å². The number of aliphatic hydroxyl groups excluding tert-OH is 1. The maximum atomic E-state index is 11.9. The Balaban J connectivity index is 1.98. The summed E-state index contributed by atoms with van der Waals surface area (Å²) < 4.78 is 1.19. The fourth-order valence-electron chi connectivity index (χ4n) is 1.71. The van der Waals surface area contributed by atoms with Gasteiger partial charge in [0.25, 0.3) is 0 Å². The number of hydrogen-bond acceptors (Lipinski definition) is 5. The van der Waals surface area contributed by atoms with Crippen LogP contribution in [0.25, 0.3) is 0 Å². The first-order chi connectivity index (χ1) is 8.61. The van der Waals surface area contributed by atoms with E-state index in [0.29, 0.717) is 6.54 Å². The highest BCUT2D eigenvalue weighted by Gasteiger charge is 2.32. The average Bonchev–Trinajstić information content (AvgIpc) is 3.05. The fraction of sp³-hybridized carbons (Fsp3) is 0.600. The van der Waals surface area contributed by atoms with Crippen molar-refractivity contribution in [2.75, 3.05) is 13.2 Å². The molecule has 1 aromatic rings. The highest BCUT2D eigenvalue weighted by atomic mass is 16.4. The summed E-state index contributed by atoms with van der Waals surface area (Å²) in [5.74, 6) is -1.36. The van der Waals surface area contributed by atoms with E-state index in [1.54, 1.807) is 4.90 Å². The number of carbonyl (C=O) groups is 2. The van der Waals surface area contributed by atoms with Crippen molar-refractivity contribution in [1.29, 1.82) is 0 Å². The Kier molecular flexibility index (Phi) is 3.56. The van der Waals surface area contributed by atoms with Crippen LogP contribution in [-0.2, 0) is 11.3 Å². The molecule has 0 radical (unpaired) electrons. The van der Waals surface area contributed by atoms with Crippen molar-refractivity contribution in [3.63, 3.8) is 0 Å². The highest BCUT2D eigenvalue weighted by molar-refractivity contribution is 5.84. The minimum atomic E-state index is -1.18. The third-order valence-corrected chi connectivity index (χ3v) is 2.70. The molecule has 2 rings (SSSR count). The number of amides is 1. The number of aromatic carboxylic acids is 1. The van der Waals surface area contributed by atoms with Crippen LogP contribution in [0.2, 0.25) is 0 Å². The lowest BCUT2D eigenvalue weighted by Crippen LogP contribution is -2.37. The van der Waals surface area contributed by atoms with Crippen molar-refractivity contribution in [2.24, 2.45) is 0 Å². The van der Waals surface area contributed by atoms with Gasteiger partial charge in [-0.1, -0.05) is 5.21 Å². The molecule has 1 aromatic heterocycles. The first-order valence-electron chi connectivity index (χ1n) is 5.65. The van der Waals surface area contributed by atoms with Gasteiger partial charge in [0.05, 0.1) is 12.8 Å². The molecule has 1 aliphatic carbocycles. The molecule has 1 amide bonds. The number of aromatic nitrogens is 3. The van der Waals surface area contributed by atoms with E-state index in [1.807, 2.05) is 0 Å². The van der Waals surface area contributed by atoms with Gasteiger partial charge in [0.2, 0.25) is 5.91 Å². The molecule has 0 unspecified atom stereocenters. The first kappa shape index (κ1) is 12.5. The Labute approximate surface area is 103 Å². The van der Waals surface area contributed by atoms with Crippen LogP contribution in [0.5, 0.6) is 0 Å². The Morgan fingerprint density at radius 3 is 2.72 bits per heavy atom. The Bertz CT molecular complexity index is 454. The van der Waals surface area contributed by atoms with Crippen LogP contribution in [0.15, 0.2) is 6.20 Å². The summed E-state index contributed by atoms with van der Waals surface area (Å²) in [5.41, 5.74) is -0.192. The van der Waals surface area contributed by atoms with Gasteiger partial charge >= 0.3 is 5.97 Å². The van der Waals surface area contributed by atoms with Crippen LogP contribution in [0.1, 0.15) is 23.3 Å². The van der Waals surface area contributed by atoms with Gasteiger partial charge in [-0.25, -0.2) is 9.48 Å². The Morgan fingerprint density at radius 1 is 1.50 bits per heavy atom. The molecule has 98 valence electrons. The molecule has 0 saturated heterocycles. The van der Waals surface area contributed by atoms with Crippen molar-refractivity contribution >= 4 is 11.9 Å². The molecule has 1 heterocycles. The maximum absolute atomic E-state index is 11.9. The topological polar surface area (TPSA) is 109 Å². The van der Waals surface area contributed by atoms with Crippen molar-refractivity contribution in [3.05, 3.63) is 11.9 Å². The summed E-state index contributed by atoms with van der Waals surface area (Å²) in [6.07, 6.45) is 3.11. The number of nitrogens with zero attached hydrogens (tertiary/aromatic N) is 4. The molecular formula is C10H14N4O4. The lowest BCUT2D eigenvalue weighted by Gasteiger charge is -2.20. The van der Waals surface area contributed by atoms with E-state index < -0.39 is 5.97 Å². The summed E-state index contributed by atoms with van der Waals surface area (Å²) in [7, 11) is 0. The molecule has 0 atom stereocenters. The van der Waals surface area contributed by atoms with Gasteiger partial charge in [0.15, 0.2) is 5.69 Å². The number of carbonyl (C=O) groups excluding carboxylic acids is 1. The predicted octanol–water partition coefficient (Wildman–Crippen LogP) is -1.04. The van der Waals surface area contributed by atoms with Gasteiger partial charge in [-0.3, -0.25) is 4.79 Å². The van der Waals surface area contributed by atoms with Crippen molar-refractivity contribution in [3.8, 4) is 0 Å². The van der Waals surface area contributed by atoms with Crippen LogP contribution in [0.3, 0.4) is 0 Å². The Morgan fingerprint density at radius 2 is 2.22 bits per heavy atom. The minimum absolute atomic E-state index is 0.0588. The summed E-state index contributed by atoms with van der Waals surface area (Å²) in [6.45, 7) is 0.154. The quantitative estimate of drug-likeness (QED) is 0.671. The second-order valence-corrected chi connectivity index (χ2v) is 4.15. The van der Waals surface area contributed by atoms with Gasteiger partial charge in [0, 0.05) is 12.6 Å². The predicted molar refractivity (Wildman–Crippen MR) is 58.8 cm³/mol. The van der Waals surface area contributed by atoms with Crippen molar-refractivity contribution < 1.29 is 19.8 Å². The van der Waals surface area contributed by atoms with Crippen LogP contribution in [0.4, 0.5) is 0 Å². The van der Waals surface area contributed by atoms with E-state index in [2.05, 4.69) is 10.3 Å². The third-order valence-electron chi connectivity index (χ3n) is 2.70. The molecule has 0 spiro atoms. The monoisotopic (exact) mass is 254 g/mol. The lowest BCUT2D eigenvalue weighted by atomic mass is 10.4. The zero-order valence-electron chi connectivity index (χ0n) is 9.69. The minimum Gasteiger partial charge on any atom is -0.476 e. The molecule has 8 heteroatoms. The van der Waals surface area contributed by atoms with Gasteiger partial charge in [-0.05, 0) is 12.8 Å². The van der Waals surface area contributed by atoms with E-state index >= 15 is 0 Å². The lowest BCUT2D eigenvalue weighted by molar-refractivity contribution is -0.133. The van der Waals surface area contributed by atoms with Crippen LogP contribution in [0, 0.1) is 0 Å². The van der Waals surface area contributed by atoms with Gasteiger partial charge in [0.1, 0.15) is 6.54 Å². The SMILES string of the molecule is O=C(O)c1cn(CC(=O)N(CCO)C2CC2)nn1. The number of carboxylic acids is 1. The van der Waals surface area contributed by atoms with Crippen molar-refractivity contribution in [1.82, 2.24) is 19.9 Å². The van der Waals surface area contributed by atoms with Crippen LogP contribution in [-0.4, -0.2) is 61.2 Å². The third kappa shape index (κ3) is 2.83. The highest BCUT2D eigenvalue weighted by Crippen LogP contribution is 2.26. The van der Waals surface area contributed by atoms with Crippen molar-refractivity contribution in [2.45, 2.75) is 25.4 Å². The standard InChI is InChI=1S/C10H14N4O4/c15-4-3-14(7-1-2-7)9(16)6-13-5-8(10(17)18)11-12-13/h5,7,15H,1-4,6H2,(H,17,18). The van der Waals surface area contributed by atoms with E-state index in [1.165, 1.54) is 10.9 Å². The van der Waals surface area contributed by atoms with Gasteiger partial charge in [-0.2, -0.15) is 0 Å². The fourth-order valence-corrected chi connectivity index (χ4v) is 1.71. The summed E-state index contributed by atoms with van der Waals surface area (Å²) in [4.78, 5) is 24.2. The zero-order chi connectivity index (χ0) is 13.1. The maximum Gasteiger partial charge on any atom is 0.358 e. The van der Waals surface area contributed by atoms with E-state index in [-0.39, 0.29) is 30.8 Å². The molecule has 1 aliphatic rings. The molecule has 0 aromatic carbocycles. The largest absolute Gasteiger partial charge is 0.476 e. The van der Waals surface area contributed by atoms with E-state index in [4.69, 9.17) is 10.2 Å². The molecule has 8 nitrogen and oxygen atoms in total. The van der Waals surface area contributed by atoms with Crippen LogP contribution < -0.4 is 0 Å². The second-order valence-electron chi connectivity index (χ2n) is 4.15. The number of aliphatic hydroxyl groups is 1. The first-order valence-corrected chi connectivity index (χ1v) is 5.65. The molecule has 2 N–H and O–H groups in total. The zero-order valence-corrected chi connectivity index (χ0v) is 9.69. The number of hydrogen-bond donors (Lipinski definition) is 2. The Hall–Kier alpha value is -1.96. The molecule has 1 saturated carbocycles. The van der Waals surface area contributed by atoms with Gasteiger partial charge < -0.3 is 15.1 Å². The molecule has 0 aliphatic heterocycles. The summed E-state index contributed by atoms with van der Waals surface area (Å²) >= 11 is 0. The molecule has 18 heavy (non-hydrogen) atoms. The van der Waals surface area contributed by atoms with Gasteiger partial charge in [-0.15, -0.1) is 5.10 Å². The summed E-state index contributed by atoms with van der Waals surface area (Å²) in [6, 6.07) is 0.201. The normalized spacial score (nSPS) is 14.5. The average molecular weight is 254 g/mol. The number of carboxylic acid groups (broad SMARTS) is 1. The van der Waals surface area contributed by atoms with E-state index in [9.17, 15) is 9.59 Å². The molecule has 0 bridgehead atoms. The second kappa shape index (κ2) is 5.13. The summed E-state index contributed by atoms with van der Waals surface area (Å²) in [5, 5.41) is 24.6. The van der Waals surface area contributed by atoms with Crippen LogP contribution >= 0.6 is 0 Å². The number of rotatable bonds is 6. The molecule has 1 fully saturated rings.